The number of aryl methyl sites for hydroxylation is 2. The SMILES string of the molecule is Cc1cccc(OC(C)C(=O)NC2CCc3ccccc32)c1. The minimum atomic E-state index is -0.505. The molecule has 0 fully saturated rings. The van der Waals surface area contributed by atoms with E-state index in [0.29, 0.717) is 0 Å². The Kier molecular flexibility index (Phi) is 4.14. The van der Waals surface area contributed by atoms with E-state index in [2.05, 4.69) is 17.4 Å². The quantitative estimate of drug-likeness (QED) is 0.936. The van der Waals surface area contributed by atoms with Crippen LogP contribution in [0.1, 0.15) is 36.1 Å². The van der Waals surface area contributed by atoms with Gasteiger partial charge in [0.15, 0.2) is 6.10 Å². The number of hydrogen-bond acceptors (Lipinski definition) is 2. The molecule has 0 aromatic heterocycles. The molecule has 2 unspecified atom stereocenters. The van der Waals surface area contributed by atoms with Crippen molar-refractivity contribution >= 4 is 5.91 Å². The van der Waals surface area contributed by atoms with Crippen LogP contribution in [-0.4, -0.2) is 12.0 Å². The number of rotatable bonds is 4. The van der Waals surface area contributed by atoms with Gasteiger partial charge in [-0.2, -0.15) is 0 Å². The Morgan fingerprint density at radius 2 is 2.05 bits per heavy atom. The molecule has 3 heteroatoms. The van der Waals surface area contributed by atoms with E-state index < -0.39 is 6.10 Å². The third-order valence-electron chi connectivity index (χ3n) is 4.12. The summed E-state index contributed by atoms with van der Waals surface area (Å²) in [4.78, 5) is 12.4. The summed E-state index contributed by atoms with van der Waals surface area (Å²) in [5, 5.41) is 3.11. The van der Waals surface area contributed by atoms with E-state index in [1.54, 1.807) is 6.92 Å². The first-order chi connectivity index (χ1) is 10.6. The normalized spacial score (nSPS) is 17.6. The van der Waals surface area contributed by atoms with Crippen LogP contribution in [0.5, 0.6) is 5.75 Å². The van der Waals surface area contributed by atoms with Crippen molar-refractivity contribution in [1.29, 1.82) is 0 Å². The molecule has 0 radical (unpaired) electrons. The van der Waals surface area contributed by atoms with E-state index in [1.165, 1.54) is 11.1 Å². The third kappa shape index (κ3) is 3.14. The van der Waals surface area contributed by atoms with Crippen molar-refractivity contribution in [2.45, 2.75) is 38.8 Å². The van der Waals surface area contributed by atoms with E-state index in [4.69, 9.17) is 4.74 Å². The van der Waals surface area contributed by atoms with Crippen LogP contribution in [0.4, 0.5) is 0 Å². The first-order valence-electron chi connectivity index (χ1n) is 7.75. The van der Waals surface area contributed by atoms with Gasteiger partial charge in [-0.1, -0.05) is 36.4 Å². The number of nitrogens with one attached hydrogen (secondary N) is 1. The van der Waals surface area contributed by atoms with Crippen molar-refractivity contribution in [3.05, 3.63) is 65.2 Å². The maximum atomic E-state index is 12.4. The van der Waals surface area contributed by atoms with Crippen LogP contribution in [0.3, 0.4) is 0 Å². The summed E-state index contributed by atoms with van der Waals surface area (Å²) in [7, 11) is 0. The standard InChI is InChI=1S/C19H21NO2/c1-13-6-5-8-16(12-13)22-14(2)19(21)20-18-11-10-15-7-3-4-9-17(15)18/h3-9,12,14,18H,10-11H2,1-2H3,(H,20,21). The minimum absolute atomic E-state index is 0.0665. The van der Waals surface area contributed by atoms with Crippen molar-refractivity contribution in [3.63, 3.8) is 0 Å². The van der Waals surface area contributed by atoms with Crippen molar-refractivity contribution in [1.82, 2.24) is 5.32 Å². The van der Waals surface area contributed by atoms with Gasteiger partial charge in [-0.25, -0.2) is 0 Å². The van der Waals surface area contributed by atoms with Crippen molar-refractivity contribution in [2.24, 2.45) is 0 Å². The van der Waals surface area contributed by atoms with Gasteiger partial charge < -0.3 is 10.1 Å². The fraction of sp³-hybridized carbons (Fsp3) is 0.316. The summed E-state index contributed by atoms with van der Waals surface area (Å²) >= 11 is 0. The predicted molar refractivity (Wildman–Crippen MR) is 86.9 cm³/mol. The highest BCUT2D eigenvalue weighted by Crippen LogP contribution is 2.30. The highest BCUT2D eigenvalue weighted by Gasteiger charge is 2.25. The number of amides is 1. The van der Waals surface area contributed by atoms with Crippen LogP contribution >= 0.6 is 0 Å². The monoisotopic (exact) mass is 295 g/mol. The number of fused-ring (bicyclic) bond motifs is 1. The zero-order chi connectivity index (χ0) is 15.5. The number of carbonyl (C=O) groups is 1. The van der Waals surface area contributed by atoms with Crippen LogP contribution in [0.25, 0.3) is 0 Å². The Balaban J connectivity index is 1.63. The van der Waals surface area contributed by atoms with Gasteiger partial charge in [-0.15, -0.1) is 0 Å². The molecular weight excluding hydrogens is 274 g/mol. The molecular formula is C19H21NO2. The summed E-state index contributed by atoms with van der Waals surface area (Å²) in [6.45, 7) is 3.80. The van der Waals surface area contributed by atoms with Gasteiger partial charge in [0.05, 0.1) is 6.04 Å². The van der Waals surface area contributed by atoms with Crippen molar-refractivity contribution in [3.8, 4) is 5.75 Å². The van der Waals surface area contributed by atoms with Gasteiger partial charge in [0.25, 0.3) is 5.91 Å². The van der Waals surface area contributed by atoms with Crippen LogP contribution < -0.4 is 10.1 Å². The Labute approximate surface area is 131 Å². The second kappa shape index (κ2) is 6.22. The molecule has 3 rings (SSSR count). The maximum Gasteiger partial charge on any atom is 0.261 e. The molecule has 0 heterocycles. The molecule has 3 nitrogen and oxygen atoms in total. The van der Waals surface area contributed by atoms with Crippen LogP contribution in [0.2, 0.25) is 0 Å². The molecule has 0 saturated carbocycles. The molecule has 0 aliphatic heterocycles. The number of benzene rings is 2. The molecule has 114 valence electrons. The summed E-state index contributed by atoms with van der Waals surface area (Å²) < 4.78 is 5.74. The summed E-state index contributed by atoms with van der Waals surface area (Å²) in [6, 6.07) is 16.2. The van der Waals surface area contributed by atoms with E-state index in [9.17, 15) is 4.79 Å². The first-order valence-corrected chi connectivity index (χ1v) is 7.75. The van der Waals surface area contributed by atoms with Gasteiger partial charge >= 0.3 is 0 Å². The molecule has 2 aromatic carbocycles. The van der Waals surface area contributed by atoms with E-state index in [1.807, 2.05) is 43.3 Å². The predicted octanol–water partition coefficient (Wildman–Crippen LogP) is 3.57. The van der Waals surface area contributed by atoms with Crippen molar-refractivity contribution < 1.29 is 9.53 Å². The number of ether oxygens (including phenoxy) is 1. The zero-order valence-corrected chi connectivity index (χ0v) is 13.0. The van der Waals surface area contributed by atoms with Gasteiger partial charge in [-0.3, -0.25) is 4.79 Å². The smallest absolute Gasteiger partial charge is 0.261 e. The Bertz CT molecular complexity index is 681. The average molecular weight is 295 g/mol. The fourth-order valence-corrected chi connectivity index (χ4v) is 2.94. The van der Waals surface area contributed by atoms with Gasteiger partial charge in [-0.05, 0) is 55.5 Å². The molecule has 1 N–H and O–H groups in total. The van der Waals surface area contributed by atoms with E-state index in [-0.39, 0.29) is 11.9 Å². The molecule has 1 aliphatic rings. The molecule has 2 atom stereocenters. The highest BCUT2D eigenvalue weighted by molar-refractivity contribution is 5.81. The second-order valence-electron chi connectivity index (χ2n) is 5.88. The summed E-state index contributed by atoms with van der Waals surface area (Å²) in [5.74, 6) is 0.665. The lowest BCUT2D eigenvalue weighted by Gasteiger charge is -2.19. The Morgan fingerprint density at radius 3 is 2.86 bits per heavy atom. The van der Waals surface area contributed by atoms with Crippen LogP contribution in [-0.2, 0) is 11.2 Å². The van der Waals surface area contributed by atoms with E-state index in [0.717, 1.165) is 24.2 Å². The molecule has 1 aliphatic carbocycles. The molecule has 1 amide bonds. The van der Waals surface area contributed by atoms with Gasteiger partial charge in [0.1, 0.15) is 5.75 Å². The average Bonchev–Trinajstić information content (AvgIpc) is 2.90. The molecule has 2 aromatic rings. The first kappa shape index (κ1) is 14.6. The third-order valence-corrected chi connectivity index (χ3v) is 4.12. The minimum Gasteiger partial charge on any atom is -0.481 e. The van der Waals surface area contributed by atoms with Crippen LogP contribution in [0.15, 0.2) is 48.5 Å². The lowest BCUT2D eigenvalue weighted by Crippen LogP contribution is -2.38. The van der Waals surface area contributed by atoms with Gasteiger partial charge in [0.2, 0.25) is 0 Å². The number of hydrogen-bond donors (Lipinski definition) is 1. The summed E-state index contributed by atoms with van der Waals surface area (Å²) in [5.41, 5.74) is 3.69. The Morgan fingerprint density at radius 1 is 1.23 bits per heavy atom. The second-order valence-corrected chi connectivity index (χ2v) is 5.88. The van der Waals surface area contributed by atoms with Crippen molar-refractivity contribution in [2.75, 3.05) is 0 Å². The summed E-state index contributed by atoms with van der Waals surface area (Å²) in [6.07, 6.45) is 1.48. The largest absolute Gasteiger partial charge is 0.481 e. The fourth-order valence-electron chi connectivity index (χ4n) is 2.94. The maximum absolute atomic E-state index is 12.4. The lowest BCUT2D eigenvalue weighted by molar-refractivity contribution is -0.128. The van der Waals surface area contributed by atoms with E-state index >= 15 is 0 Å². The molecule has 0 saturated heterocycles. The molecule has 0 spiro atoms. The highest BCUT2D eigenvalue weighted by atomic mass is 16.5. The lowest BCUT2D eigenvalue weighted by atomic mass is 10.1. The Hall–Kier alpha value is -2.29. The zero-order valence-electron chi connectivity index (χ0n) is 13.0. The topological polar surface area (TPSA) is 38.3 Å². The van der Waals surface area contributed by atoms with Crippen LogP contribution in [0, 0.1) is 6.92 Å². The molecule has 0 bridgehead atoms. The number of carbonyl (C=O) groups excluding carboxylic acids is 1. The van der Waals surface area contributed by atoms with Gasteiger partial charge in [0, 0.05) is 0 Å². The molecule has 22 heavy (non-hydrogen) atoms.